The van der Waals surface area contributed by atoms with E-state index < -0.39 is 0 Å². The molecule has 0 unspecified atom stereocenters. The van der Waals surface area contributed by atoms with Gasteiger partial charge in [-0.1, -0.05) is 48.6 Å². The normalized spacial score (nSPS) is 17.0. The summed E-state index contributed by atoms with van der Waals surface area (Å²) in [5, 5.41) is 0.407. The summed E-state index contributed by atoms with van der Waals surface area (Å²) in [4.78, 5) is 18.3. The molecule has 5 heteroatoms. The topological polar surface area (TPSA) is 32.7 Å². The molecule has 2 aromatic rings. The molecule has 0 spiro atoms. The predicted molar refractivity (Wildman–Crippen MR) is 87.7 cm³/mol. The van der Waals surface area contributed by atoms with Crippen molar-refractivity contribution in [3.05, 3.63) is 60.7 Å². The molecule has 3 nitrogen and oxygen atoms in total. The Balaban J connectivity index is 1.93. The van der Waals surface area contributed by atoms with Crippen LogP contribution in [0.4, 0.5) is 11.4 Å². The molecule has 3 rings (SSSR count). The van der Waals surface area contributed by atoms with E-state index in [-0.39, 0.29) is 5.91 Å². The van der Waals surface area contributed by atoms with Gasteiger partial charge < -0.3 is 0 Å². The molecule has 0 aromatic heterocycles. The first-order chi connectivity index (χ1) is 9.75. The molecule has 1 amide bonds. The van der Waals surface area contributed by atoms with Crippen LogP contribution in [0.25, 0.3) is 0 Å². The summed E-state index contributed by atoms with van der Waals surface area (Å²) in [5.41, 5.74) is 1.52. The molecule has 20 heavy (non-hydrogen) atoms. The third kappa shape index (κ3) is 2.50. The SMILES string of the molecule is O=C1C(=Nc2ccccc2)SC(=S)N1c1ccccc1. The van der Waals surface area contributed by atoms with Crippen LogP contribution in [0.3, 0.4) is 0 Å². The van der Waals surface area contributed by atoms with Gasteiger partial charge in [0.05, 0.1) is 11.4 Å². The summed E-state index contributed by atoms with van der Waals surface area (Å²) in [6.45, 7) is 0. The Morgan fingerprint density at radius 2 is 1.55 bits per heavy atom. The van der Waals surface area contributed by atoms with Crippen molar-refractivity contribution in [2.75, 3.05) is 4.90 Å². The number of aliphatic imine (C=N–C) groups is 1. The van der Waals surface area contributed by atoms with Gasteiger partial charge in [0.2, 0.25) is 0 Å². The molecule has 1 fully saturated rings. The van der Waals surface area contributed by atoms with Crippen molar-refractivity contribution < 1.29 is 4.79 Å². The second-order valence-electron chi connectivity index (χ2n) is 4.10. The monoisotopic (exact) mass is 298 g/mol. The minimum Gasteiger partial charge on any atom is -0.266 e. The zero-order chi connectivity index (χ0) is 13.9. The molecule has 0 saturated carbocycles. The zero-order valence-corrected chi connectivity index (χ0v) is 12.0. The minimum atomic E-state index is -0.171. The molecule has 98 valence electrons. The number of carbonyl (C=O) groups excluding carboxylic acids is 1. The number of nitrogens with zero attached hydrogens (tertiary/aromatic N) is 2. The maximum absolute atomic E-state index is 12.4. The number of hydrogen-bond donors (Lipinski definition) is 0. The van der Waals surface area contributed by atoms with Gasteiger partial charge in [-0.25, -0.2) is 4.99 Å². The molecule has 0 radical (unpaired) electrons. The highest BCUT2D eigenvalue weighted by Crippen LogP contribution is 2.30. The summed E-state index contributed by atoms with van der Waals surface area (Å²) in [7, 11) is 0. The molecular formula is C15H10N2OS2. The van der Waals surface area contributed by atoms with E-state index in [4.69, 9.17) is 12.2 Å². The van der Waals surface area contributed by atoms with Crippen LogP contribution in [0, 0.1) is 0 Å². The van der Waals surface area contributed by atoms with Gasteiger partial charge in [-0.15, -0.1) is 0 Å². The minimum absolute atomic E-state index is 0.171. The molecule has 1 aliphatic heterocycles. The Hall–Kier alpha value is -1.98. The number of hydrogen-bond acceptors (Lipinski definition) is 4. The van der Waals surface area contributed by atoms with Crippen molar-refractivity contribution in [2.24, 2.45) is 4.99 Å². The standard InChI is InChI=1S/C15H10N2OS2/c18-14-13(16-11-7-3-1-4-8-11)20-15(19)17(14)12-9-5-2-6-10-12/h1-10H. The number of amides is 1. The molecule has 1 aliphatic rings. The van der Waals surface area contributed by atoms with Crippen LogP contribution in [0.15, 0.2) is 65.7 Å². The fourth-order valence-corrected chi connectivity index (χ4v) is 3.04. The largest absolute Gasteiger partial charge is 0.289 e. The summed E-state index contributed by atoms with van der Waals surface area (Å²) in [6.07, 6.45) is 0. The van der Waals surface area contributed by atoms with Crippen molar-refractivity contribution >= 4 is 50.6 Å². The van der Waals surface area contributed by atoms with Gasteiger partial charge in [-0.05, 0) is 36.0 Å². The van der Waals surface area contributed by atoms with Gasteiger partial charge in [-0.2, -0.15) is 0 Å². The van der Waals surface area contributed by atoms with E-state index in [1.807, 2.05) is 60.7 Å². The molecule has 0 bridgehead atoms. The quantitative estimate of drug-likeness (QED) is 0.791. The molecule has 1 heterocycles. The van der Waals surface area contributed by atoms with Gasteiger partial charge in [-0.3, -0.25) is 9.69 Å². The lowest BCUT2D eigenvalue weighted by Gasteiger charge is -2.13. The Labute approximate surface area is 126 Å². The number of carbonyl (C=O) groups is 1. The van der Waals surface area contributed by atoms with Crippen LogP contribution in [0.1, 0.15) is 0 Å². The second kappa shape index (κ2) is 5.56. The lowest BCUT2D eigenvalue weighted by Crippen LogP contribution is -2.29. The van der Waals surface area contributed by atoms with Crippen molar-refractivity contribution in [3.63, 3.8) is 0 Å². The van der Waals surface area contributed by atoms with Crippen molar-refractivity contribution in [1.29, 1.82) is 0 Å². The van der Waals surface area contributed by atoms with E-state index in [0.717, 1.165) is 11.4 Å². The summed E-state index contributed by atoms with van der Waals surface area (Å²) in [6, 6.07) is 18.8. The van der Waals surface area contributed by atoms with Crippen LogP contribution >= 0.6 is 24.0 Å². The highest BCUT2D eigenvalue weighted by Gasteiger charge is 2.34. The summed E-state index contributed by atoms with van der Waals surface area (Å²) in [5.74, 6) is -0.171. The van der Waals surface area contributed by atoms with E-state index in [1.165, 1.54) is 16.7 Å². The highest BCUT2D eigenvalue weighted by molar-refractivity contribution is 8.35. The van der Waals surface area contributed by atoms with E-state index in [1.54, 1.807) is 0 Å². The molecular weight excluding hydrogens is 288 g/mol. The van der Waals surface area contributed by atoms with E-state index >= 15 is 0 Å². The number of rotatable bonds is 2. The average Bonchev–Trinajstić information content (AvgIpc) is 2.75. The van der Waals surface area contributed by atoms with Crippen LogP contribution in [-0.4, -0.2) is 15.3 Å². The highest BCUT2D eigenvalue weighted by atomic mass is 32.2. The van der Waals surface area contributed by atoms with Crippen molar-refractivity contribution in [2.45, 2.75) is 0 Å². The molecule has 0 atom stereocenters. The molecule has 0 aliphatic carbocycles. The van der Waals surface area contributed by atoms with E-state index in [0.29, 0.717) is 9.36 Å². The third-order valence-electron chi connectivity index (χ3n) is 2.75. The fraction of sp³-hybridized carbons (Fsp3) is 0. The Bertz CT molecular complexity index is 684. The molecule has 2 aromatic carbocycles. The van der Waals surface area contributed by atoms with Gasteiger partial charge in [0.25, 0.3) is 5.91 Å². The van der Waals surface area contributed by atoms with Crippen molar-refractivity contribution in [3.8, 4) is 0 Å². The smallest absolute Gasteiger partial charge is 0.266 e. The van der Waals surface area contributed by atoms with Crippen LogP contribution in [0.5, 0.6) is 0 Å². The summed E-state index contributed by atoms with van der Waals surface area (Å²) < 4.78 is 0.510. The third-order valence-corrected chi connectivity index (χ3v) is 4.00. The van der Waals surface area contributed by atoms with Gasteiger partial charge >= 0.3 is 0 Å². The first-order valence-corrected chi connectivity index (χ1v) is 7.23. The Morgan fingerprint density at radius 3 is 2.20 bits per heavy atom. The van der Waals surface area contributed by atoms with Gasteiger partial charge in [0.1, 0.15) is 0 Å². The van der Waals surface area contributed by atoms with Crippen molar-refractivity contribution in [1.82, 2.24) is 0 Å². The van der Waals surface area contributed by atoms with Gasteiger partial charge in [0, 0.05) is 0 Å². The first kappa shape index (κ1) is 13.0. The van der Waals surface area contributed by atoms with Crippen LogP contribution in [0.2, 0.25) is 0 Å². The fourth-order valence-electron chi connectivity index (χ4n) is 1.84. The number of thioether (sulfide) groups is 1. The molecule has 0 N–H and O–H groups in total. The zero-order valence-electron chi connectivity index (χ0n) is 10.4. The van der Waals surface area contributed by atoms with Crippen LogP contribution < -0.4 is 4.90 Å². The second-order valence-corrected chi connectivity index (χ2v) is 5.72. The van der Waals surface area contributed by atoms with E-state index in [2.05, 4.69) is 4.99 Å². The maximum atomic E-state index is 12.4. The number of benzene rings is 2. The lowest BCUT2D eigenvalue weighted by molar-refractivity contribution is -0.111. The summed E-state index contributed by atoms with van der Waals surface area (Å²) >= 11 is 6.51. The number of thiocarbonyl (C=S) groups is 1. The van der Waals surface area contributed by atoms with Crippen LogP contribution in [-0.2, 0) is 4.79 Å². The number of anilines is 1. The number of para-hydroxylation sites is 2. The first-order valence-electron chi connectivity index (χ1n) is 6.01. The average molecular weight is 298 g/mol. The van der Waals surface area contributed by atoms with E-state index in [9.17, 15) is 4.79 Å². The Kier molecular flexibility index (Phi) is 3.62. The molecule has 1 saturated heterocycles. The maximum Gasteiger partial charge on any atom is 0.289 e. The Morgan fingerprint density at radius 1 is 0.950 bits per heavy atom. The van der Waals surface area contributed by atoms with Gasteiger partial charge in [0.15, 0.2) is 9.36 Å². The predicted octanol–water partition coefficient (Wildman–Crippen LogP) is 3.78. The lowest BCUT2D eigenvalue weighted by atomic mass is 10.3.